The van der Waals surface area contributed by atoms with Crippen molar-refractivity contribution in [2.24, 2.45) is 5.92 Å². The Hall–Kier alpha value is -1.35. The molecule has 3 nitrogen and oxygen atoms in total. The van der Waals surface area contributed by atoms with E-state index in [4.69, 9.17) is 0 Å². The maximum atomic E-state index is 12.3. The van der Waals surface area contributed by atoms with Crippen LogP contribution in [0.3, 0.4) is 0 Å². The van der Waals surface area contributed by atoms with Crippen molar-refractivity contribution in [3.8, 4) is 0 Å². The maximum absolute atomic E-state index is 12.3. The molecule has 0 saturated carbocycles. The lowest BCUT2D eigenvalue weighted by Crippen LogP contribution is -2.31. The van der Waals surface area contributed by atoms with Crippen LogP contribution in [0.4, 0.5) is 5.69 Å². The smallest absolute Gasteiger partial charge is 0.166 e. The Morgan fingerprint density at radius 2 is 1.83 bits per heavy atom. The Morgan fingerprint density at radius 3 is 2.39 bits per heavy atom. The predicted octanol–water partition coefficient (Wildman–Crippen LogP) is 2.69. The molecule has 3 heteroatoms. The van der Waals surface area contributed by atoms with Crippen molar-refractivity contribution in [1.29, 1.82) is 0 Å². The minimum absolute atomic E-state index is 0.204. The van der Waals surface area contributed by atoms with Gasteiger partial charge in [0.2, 0.25) is 0 Å². The number of carbonyl (C=O) groups is 1. The lowest BCUT2D eigenvalue weighted by atomic mass is 9.89. The zero-order valence-corrected chi connectivity index (χ0v) is 11.2. The van der Waals surface area contributed by atoms with Gasteiger partial charge in [0, 0.05) is 23.2 Å². The van der Waals surface area contributed by atoms with Crippen LogP contribution in [0, 0.1) is 5.92 Å². The number of anilines is 1. The first-order valence-electron chi connectivity index (χ1n) is 6.78. The van der Waals surface area contributed by atoms with E-state index >= 15 is 0 Å². The molecular formula is C15H22N2O. The van der Waals surface area contributed by atoms with E-state index in [1.807, 2.05) is 24.3 Å². The van der Waals surface area contributed by atoms with Crippen LogP contribution >= 0.6 is 0 Å². The molecule has 1 aromatic rings. The summed E-state index contributed by atoms with van der Waals surface area (Å²) in [5, 5.41) is 6.62. The number of rotatable bonds is 4. The van der Waals surface area contributed by atoms with Gasteiger partial charge < -0.3 is 10.6 Å². The van der Waals surface area contributed by atoms with Crippen molar-refractivity contribution in [2.45, 2.75) is 32.7 Å². The summed E-state index contributed by atoms with van der Waals surface area (Å²) in [6.07, 6.45) is 1.93. The van der Waals surface area contributed by atoms with Crippen LogP contribution in [0.5, 0.6) is 0 Å². The molecule has 1 fully saturated rings. The Balaban J connectivity index is 2.02. The second-order valence-electron chi connectivity index (χ2n) is 5.26. The number of carbonyl (C=O) groups excluding carboxylic acids is 1. The quantitative estimate of drug-likeness (QED) is 0.803. The highest BCUT2D eigenvalue weighted by atomic mass is 16.1. The van der Waals surface area contributed by atoms with Crippen LogP contribution < -0.4 is 10.6 Å². The summed E-state index contributed by atoms with van der Waals surface area (Å²) in [5.41, 5.74) is 1.92. The van der Waals surface area contributed by atoms with Crippen molar-refractivity contribution in [1.82, 2.24) is 5.32 Å². The van der Waals surface area contributed by atoms with Crippen LogP contribution in [0.25, 0.3) is 0 Å². The molecule has 0 atom stereocenters. The minimum Gasteiger partial charge on any atom is -0.383 e. The Kier molecular flexibility index (Phi) is 4.37. The summed E-state index contributed by atoms with van der Waals surface area (Å²) in [4.78, 5) is 12.3. The van der Waals surface area contributed by atoms with E-state index < -0.39 is 0 Å². The monoisotopic (exact) mass is 246 g/mol. The molecule has 0 bridgehead atoms. The predicted molar refractivity (Wildman–Crippen MR) is 75.1 cm³/mol. The lowest BCUT2D eigenvalue weighted by molar-refractivity contribution is 0.0895. The summed E-state index contributed by atoms with van der Waals surface area (Å²) in [7, 11) is 0. The van der Waals surface area contributed by atoms with E-state index in [-0.39, 0.29) is 5.92 Å². The van der Waals surface area contributed by atoms with Crippen LogP contribution in [0.1, 0.15) is 37.0 Å². The zero-order valence-electron chi connectivity index (χ0n) is 11.2. The molecule has 1 heterocycles. The third-order valence-corrected chi connectivity index (χ3v) is 3.33. The SMILES string of the molecule is CC(C)Nc1ccc(C(=O)C2CCNCC2)cc1. The number of ketones is 1. The number of piperidine rings is 1. The minimum atomic E-state index is 0.204. The summed E-state index contributed by atoms with van der Waals surface area (Å²) >= 11 is 0. The van der Waals surface area contributed by atoms with Gasteiger partial charge in [0.15, 0.2) is 5.78 Å². The fourth-order valence-corrected chi connectivity index (χ4v) is 2.38. The molecule has 0 amide bonds. The fourth-order valence-electron chi connectivity index (χ4n) is 2.38. The molecular weight excluding hydrogens is 224 g/mol. The standard InChI is InChI=1S/C15H22N2O/c1-11(2)17-14-5-3-12(4-6-14)15(18)13-7-9-16-10-8-13/h3-6,11,13,16-17H,7-10H2,1-2H3. The van der Waals surface area contributed by atoms with Gasteiger partial charge in [-0.15, -0.1) is 0 Å². The largest absolute Gasteiger partial charge is 0.383 e. The Bertz CT molecular complexity index is 391. The van der Waals surface area contributed by atoms with Crippen molar-refractivity contribution < 1.29 is 4.79 Å². The van der Waals surface area contributed by atoms with Crippen LogP contribution in [-0.4, -0.2) is 24.9 Å². The molecule has 0 spiro atoms. The molecule has 2 N–H and O–H groups in total. The van der Waals surface area contributed by atoms with Gasteiger partial charge >= 0.3 is 0 Å². The highest BCUT2D eigenvalue weighted by Gasteiger charge is 2.21. The van der Waals surface area contributed by atoms with Crippen molar-refractivity contribution in [3.63, 3.8) is 0 Å². The van der Waals surface area contributed by atoms with E-state index in [0.29, 0.717) is 11.8 Å². The fraction of sp³-hybridized carbons (Fsp3) is 0.533. The molecule has 18 heavy (non-hydrogen) atoms. The number of hydrogen-bond donors (Lipinski definition) is 2. The molecule has 0 radical (unpaired) electrons. The van der Waals surface area contributed by atoms with Gasteiger partial charge in [0.1, 0.15) is 0 Å². The Labute approximate surface area is 109 Å². The second kappa shape index (κ2) is 6.01. The van der Waals surface area contributed by atoms with Crippen molar-refractivity contribution in [3.05, 3.63) is 29.8 Å². The third-order valence-electron chi connectivity index (χ3n) is 3.33. The summed E-state index contributed by atoms with van der Waals surface area (Å²) in [6, 6.07) is 8.28. The van der Waals surface area contributed by atoms with Gasteiger partial charge in [-0.1, -0.05) is 0 Å². The van der Waals surface area contributed by atoms with Gasteiger partial charge in [-0.25, -0.2) is 0 Å². The molecule has 0 aromatic heterocycles. The van der Waals surface area contributed by atoms with Crippen LogP contribution in [-0.2, 0) is 0 Å². The highest BCUT2D eigenvalue weighted by Crippen LogP contribution is 2.19. The van der Waals surface area contributed by atoms with E-state index in [1.165, 1.54) is 0 Å². The molecule has 2 rings (SSSR count). The molecule has 1 aromatic carbocycles. The van der Waals surface area contributed by atoms with Gasteiger partial charge in [0.05, 0.1) is 0 Å². The average molecular weight is 246 g/mol. The average Bonchev–Trinajstić information content (AvgIpc) is 2.39. The molecule has 1 aliphatic rings. The zero-order chi connectivity index (χ0) is 13.0. The number of nitrogens with one attached hydrogen (secondary N) is 2. The van der Waals surface area contributed by atoms with Crippen LogP contribution in [0.2, 0.25) is 0 Å². The first-order valence-corrected chi connectivity index (χ1v) is 6.78. The van der Waals surface area contributed by atoms with Gasteiger partial charge in [0.25, 0.3) is 0 Å². The van der Waals surface area contributed by atoms with Crippen molar-refractivity contribution in [2.75, 3.05) is 18.4 Å². The van der Waals surface area contributed by atoms with E-state index in [9.17, 15) is 4.79 Å². The van der Waals surface area contributed by atoms with Crippen molar-refractivity contribution >= 4 is 11.5 Å². The second-order valence-corrected chi connectivity index (χ2v) is 5.26. The lowest BCUT2D eigenvalue weighted by Gasteiger charge is -2.21. The summed E-state index contributed by atoms with van der Waals surface area (Å²) in [6.45, 7) is 6.13. The topological polar surface area (TPSA) is 41.1 Å². The summed E-state index contributed by atoms with van der Waals surface area (Å²) < 4.78 is 0. The van der Waals surface area contributed by atoms with Gasteiger partial charge in [-0.2, -0.15) is 0 Å². The van der Waals surface area contributed by atoms with E-state index in [1.54, 1.807) is 0 Å². The first kappa shape index (κ1) is 13.1. The molecule has 1 saturated heterocycles. The molecule has 98 valence electrons. The van der Waals surface area contributed by atoms with Gasteiger partial charge in [-0.3, -0.25) is 4.79 Å². The normalized spacial score (nSPS) is 16.8. The van der Waals surface area contributed by atoms with E-state index in [0.717, 1.165) is 37.2 Å². The summed E-state index contributed by atoms with van der Waals surface area (Å²) in [5.74, 6) is 0.503. The first-order chi connectivity index (χ1) is 8.66. The number of hydrogen-bond acceptors (Lipinski definition) is 3. The molecule has 0 aliphatic carbocycles. The maximum Gasteiger partial charge on any atom is 0.166 e. The van der Waals surface area contributed by atoms with Crippen LogP contribution in [0.15, 0.2) is 24.3 Å². The molecule has 1 aliphatic heterocycles. The molecule has 0 unspecified atom stereocenters. The highest BCUT2D eigenvalue weighted by molar-refractivity contribution is 5.98. The number of benzene rings is 1. The van der Waals surface area contributed by atoms with Gasteiger partial charge in [-0.05, 0) is 64.0 Å². The third kappa shape index (κ3) is 3.33. The van der Waals surface area contributed by atoms with E-state index in [2.05, 4.69) is 24.5 Å². The number of Topliss-reactive ketones (excluding diaryl/α,β-unsaturated/α-hetero) is 1. The Morgan fingerprint density at radius 1 is 1.22 bits per heavy atom.